The van der Waals surface area contributed by atoms with Crippen molar-refractivity contribution in [3.8, 4) is 0 Å². The number of hydrogen-bond donors (Lipinski definition) is 0. The average molecular weight is 346 g/mol. The molecule has 2 heteroatoms. The zero-order valence-electron chi connectivity index (χ0n) is 14.5. The van der Waals surface area contributed by atoms with E-state index in [1.165, 1.54) is 11.1 Å². The molecule has 1 aliphatic rings. The summed E-state index contributed by atoms with van der Waals surface area (Å²) in [4.78, 5) is 0. The minimum atomic E-state index is -2.62. The van der Waals surface area contributed by atoms with Crippen LogP contribution in [0, 0.1) is 6.92 Å². The first kappa shape index (κ1) is 16.4. The van der Waals surface area contributed by atoms with Gasteiger partial charge in [0.2, 0.25) is 0 Å². The summed E-state index contributed by atoms with van der Waals surface area (Å²) in [6.45, 7) is 2.09. The number of aryl methyl sites for hydroxylation is 1. The predicted octanol–water partition coefficient (Wildman–Crippen LogP) is 6.26. The second kappa shape index (κ2) is 6.65. The van der Waals surface area contributed by atoms with Gasteiger partial charge in [-0.2, -0.15) is 0 Å². The van der Waals surface area contributed by atoms with Crippen LogP contribution in [0.1, 0.15) is 40.8 Å². The highest BCUT2D eigenvalue weighted by atomic mass is 31.2. The summed E-state index contributed by atoms with van der Waals surface area (Å²) in [5.41, 5.74) is 3.80. The molecule has 0 aliphatic carbocycles. The molecule has 0 radical (unpaired) electrons. The highest BCUT2D eigenvalue weighted by Gasteiger charge is 2.48. The Morgan fingerprint density at radius 2 is 1.12 bits per heavy atom. The maximum absolute atomic E-state index is 14.7. The molecule has 0 amide bonds. The van der Waals surface area contributed by atoms with Gasteiger partial charge in [-0.1, -0.05) is 84.9 Å². The maximum Gasteiger partial charge on any atom is 0.130 e. The van der Waals surface area contributed by atoms with E-state index in [4.69, 9.17) is 0 Å². The Bertz CT molecular complexity index is 850. The van der Waals surface area contributed by atoms with Gasteiger partial charge in [0.05, 0.1) is 0 Å². The Kier molecular flexibility index (Phi) is 4.36. The first-order valence-corrected chi connectivity index (χ1v) is 10.8. The molecule has 1 saturated heterocycles. The molecule has 25 heavy (non-hydrogen) atoms. The summed E-state index contributed by atoms with van der Waals surface area (Å²) in [6.07, 6.45) is 1.96. The Labute approximate surface area is 150 Å². The van der Waals surface area contributed by atoms with Crippen LogP contribution >= 0.6 is 7.14 Å². The third-order valence-corrected chi connectivity index (χ3v) is 9.72. The zero-order chi connectivity index (χ0) is 17.3. The van der Waals surface area contributed by atoms with E-state index in [1.54, 1.807) is 0 Å². The van der Waals surface area contributed by atoms with Crippen molar-refractivity contribution < 1.29 is 4.57 Å². The minimum Gasteiger partial charge on any atom is -0.317 e. The lowest BCUT2D eigenvalue weighted by atomic mass is 10.0. The molecular weight excluding hydrogens is 323 g/mol. The van der Waals surface area contributed by atoms with E-state index < -0.39 is 7.14 Å². The van der Waals surface area contributed by atoms with Gasteiger partial charge in [0, 0.05) is 16.6 Å². The van der Waals surface area contributed by atoms with Gasteiger partial charge in [0.1, 0.15) is 7.14 Å². The molecule has 0 unspecified atom stereocenters. The topological polar surface area (TPSA) is 17.1 Å². The Morgan fingerprint density at radius 1 is 0.680 bits per heavy atom. The van der Waals surface area contributed by atoms with Crippen molar-refractivity contribution in [1.29, 1.82) is 0 Å². The molecule has 0 saturated carbocycles. The summed E-state index contributed by atoms with van der Waals surface area (Å²) in [5.74, 6) is 0. The van der Waals surface area contributed by atoms with E-state index in [0.717, 1.165) is 23.7 Å². The van der Waals surface area contributed by atoms with Crippen molar-refractivity contribution in [2.75, 3.05) is 0 Å². The van der Waals surface area contributed by atoms with Gasteiger partial charge in [-0.05, 0) is 36.5 Å². The van der Waals surface area contributed by atoms with Gasteiger partial charge in [-0.3, -0.25) is 0 Å². The third-order valence-electron chi connectivity index (χ3n) is 5.50. The van der Waals surface area contributed by atoms with E-state index in [-0.39, 0.29) is 11.3 Å². The van der Waals surface area contributed by atoms with Crippen LogP contribution in [0.3, 0.4) is 0 Å². The minimum absolute atomic E-state index is 0.111. The second-order valence-corrected chi connectivity index (χ2v) is 10.1. The van der Waals surface area contributed by atoms with Gasteiger partial charge in [0.25, 0.3) is 0 Å². The fourth-order valence-corrected chi connectivity index (χ4v) is 8.68. The summed E-state index contributed by atoms with van der Waals surface area (Å²) in [5, 5.41) is 1.07. The number of benzene rings is 3. The summed E-state index contributed by atoms with van der Waals surface area (Å²) >= 11 is 0. The van der Waals surface area contributed by atoms with E-state index >= 15 is 0 Å². The quantitative estimate of drug-likeness (QED) is 0.512. The van der Waals surface area contributed by atoms with Crippen LogP contribution in [0.2, 0.25) is 0 Å². The molecule has 2 atom stereocenters. The van der Waals surface area contributed by atoms with E-state index in [9.17, 15) is 4.57 Å². The molecule has 0 N–H and O–H groups in total. The highest BCUT2D eigenvalue weighted by molar-refractivity contribution is 7.72. The fourth-order valence-electron chi connectivity index (χ4n) is 4.33. The zero-order valence-corrected chi connectivity index (χ0v) is 15.4. The van der Waals surface area contributed by atoms with Gasteiger partial charge in [-0.15, -0.1) is 0 Å². The standard InChI is InChI=1S/C23H23OP/c1-18-10-8-9-15-21(18)25(24)22(19-11-4-2-5-12-19)16-17-23(25)20-13-6-3-7-14-20/h2-15,22-23H,16-17H2,1H3/t22-,23-/m0/s1. The molecule has 3 aromatic rings. The molecule has 3 aromatic carbocycles. The molecule has 126 valence electrons. The van der Waals surface area contributed by atoms with Crippen LogP contribution < -0.4 is 5.30 Å². The Balaban J connectivity index is 1.90. The fraction of sp³-hybridized carbons (Fsp3) is 0.217. The van der Waals surface area contributed by atoms with E-state index in [1.807, 2.05) is 24.3 Å². The van der Waals surface area contributed by atoms with Crippen molar-refractivity contribution in [2.24, 2.45) is 0 Å². The van der Waals surface area contributed by atoms with Crippen molar-refractivity contribution in [1.82, 2.24) is 0 Å². The largest absolute Gasteiger partial charge is 0.317 e. The predicted molar refractivity (Wildman–Crippen MR) is 106 cm³/mol. The molecule has 1 fully saturated rings. The molecule has 1 aliphatic heterocycles. The van der Waals surface area contributed by atoms with Gasteiger partial charge >= 0.3 is 0 Å². The van der Waals surface area contributed by atoms with Gasteiger partial charge < -0.3 is 4.57 Å². The molecule has 4 rings (SSSR count). The van der Waals surface area contributed by atoms with Crippen molar-refractivity contribution in [3.05, 3.63) is 102 Å². The van der Waals surface area contributed by atoms with E-state index in [2.05, 4.69) is 67.6 Å². The Morgan fingerprint density at radius 3 is 1.60 bits per heavy atom. The average Bonchev–Trinajstić information content (AvgIpc) is 3.01. The highest BCUT2D eigenvalue weighted by Crippen LogP contribution is 2.75. The number of hydrogen-bond acceptors (Lipinski definition) is 1. The molecular formula is C23H23OP. The first-order chi connectivity index (χ1) is 12.2. The molecule has 0 aromatic heterocycles. The normalized spacial score (nSPS) is 22.0. The second-order valence-electron chi connectivity index (χ2n) is 6.93. The van der Waals surface area contributed by atoms with Crippen molar-refractivity contribution in [3.63, 3.8) is 0 Å². The summed E-state index contributed by atoms with van der Waals surface area (Å²) in [6, 6.07) is 29.1. The lowest BCUT2D eigenvalue weighted by molar-refractivity contribution is 0.573. The van der Waals surface area contributed by atoms with Crippen LogP contribution in [-0.4, -0.2) is 0 Å². The van der Waals surface area contributed by atoms with Gasteiger partial charge in [-0.25, -0.2) is 0 Å². The van der Waals surface area contributed by atoms with E-state index in [0.29, 0.717) is 0 Å². The van der Waals surface area contributed by atoms with Crippen LogP contribution in [0.15, 0.2) is 84.9 Å². The number of rotatable bonds is 3. The lowest BCUT2D eigenvalue weighted by Gasteiger charge is -2.28. The SMILES string of the molecule is Cc1ccccc1P1(=O)[C@H](c2ccccc2)CC[C@H]1c1ccccc1. The maximum atomic E-state index is 14.7. The summed E-state index contributed by atoms with van der Waals surface area (Å²) < 4.78 is 14.7. The van der Waals surface area contributed by atoms with Crippen molar-refractivity contribution in [2.45, 2.75) is 31.1 Å². The smallest absolute Gasteiger partial charge is 0.130 e. The third kappa shape index (κ3) is 2.77. The van der Waals surface area contributed by atoms with Crippen LogP contribution in [-0.2, 0) is 4.57 Å². The van der Waals surface area contributed by atoms with Gasteiger partial charge in [0.15, 0.2) is 0 Å². The Hall–Kier alpha value is -2.11. The molecule has 1 heterocycles. The van der Waals surface area contributed by atoms with Crippen molar-refractivity contribution >= 4 is 12.4 Å². The monoisotopic (exact) mass is 346 g/mol. The molecule has 0 bridgehead atoms. The summed E-state index contributed by atoms with van der Waals surface area (Å²) in [7, 11) is -2.62. The van der Waals surface area contributed by atoms with Crippen LogP contribution in [0.25, 0.3) is 0 Å². The van der Waals surface area contributed by atoms with Crippen LogP contribution in [0.4, 0.5) is 0 Å². The molecule has 1 nitrogen and oxygen atoms in total. The lowest BCUT2D eigenvalue weighted by Crippen LogP contribution is -2.14. The first-order valence-electron chi connectivity index (χ1n) is 8.97. The van der Waals surface area contributed by atoms with Crippen LogP contribution in [0.5, 0.6) is 0 Å². The molecule has 0 spiro atoms.